The Hall–Kier alpha value is -6.70. The maximum absolute atomic E-state index is 9.49. The van der Waals surface area contributed by atoms with Gasteiger partial charge in [0.15, 0.2) is 0 Å². The number of hydrogen-bond acceptors (Lipinski definition) is 1. The summed E-state index contributed by atoms with van der Waals surface area (Å²) in [4.78, 5) is 0. The average molecular weight is 658 g/mol. The van der Waals surface area contributed by atoms with Crippen LogP contribution < -0.4 is 0 Å². The molecule has 1 heterocycles. The van der Waals surface area contributed by atoms with Gasteiger partial charge in [0.25, 0.3) is 0 Å². The molecule has 0 radical (unpaired) electrons. The minimum Gasteiger partial charge on any atom is -0.456 e. The molecule has 0 saturated heterocycles. The van der Waals surface area contributed by atoms with E-state index in [1.807, 2.05) is 72.8 Å². The zero-order chi connectivity index (χ0) is 41.6. The molecule has 0 bridgehead atoms. The van der Waals surface area contributed by atoms with Crippen LogP contribution in [0.1, 0.15) is 12.3 Å². The standard InChI is InChI=1S/C50H32O/c1-3-14-33(15-4-1)35-26-28-36(29-27-35)38-18-7-8-19-39(38)48-40-20-9-11-22-42(40)49(43-23-12-10-21-41(43)48)44-24-13-25-47-50(44)45-32-37(30-31-46(45)51-47)34-16-5-2-6-17-34/h1-32H/i1D,3D,4D,7D,8D,14D,15D,18D,19D. The highest BCUT2D eigenvalue weighted by atomic mass is 16.3. The molecule has 0 aliphatic heterocycles. The molecule has 0 spiro atoms. The van der Waals surface area contributed by atoms with E-state index in [4.69, 9.17) is 14.0 Å². The molecule has 0 aliphatic carbocycles. The number of hydrogen-bond donors (Lipinski definition) is 0. The van der Waals surface area contributed by atoms with Crippen molar-refractivity contribution in [3.8, 4) is 55.6 Å². The molecule has 0 saturated carbocycles. The molecule has 1 aromatic heterocycles. The lowest BCUT2D eigenvalue weighted by molar-refractivity contribution is 0.669. The van der Waals surface area contributed by atoms with E-state index in [1.165, 1.54) is 0 Å². The number of furan rings is 1. The lowest BCUT2D eigenvalue weighted by atomic mass is 9.83. The van der Waals surface area contributed by atoms with Gasteiger partial charge in [-0.15, -0.1) is 0 Å². The molecule has 10 aromatic rings. The molecular weight excluding hydrogens is 617 g/mol. The van der Waals surface area contributed by atoms with Crippen LogP contribution in [0.2, 0.25) is 0 Å². The van der Waals surface area contributed by atoms with Crippen molar-refractivity contribution in [2.75, 3.05) is 0 Å². The average Bonchev–Trinajstić information content (AvgIpc) is 3.67. The van der Waals surface area contributed by atoms with Crippen molar-refractivity contribution in [3.63, 3.8) is 0 Å². The van der Waals surface area contributed by atoms with Crippen LogP contribution in [-0.2, 0) is 0 Å². The van der Waals surface area contributed by atoms with Crippen molar-refractivity contribution in [2.24, 2.45) is 0 Å². The molecule has 1 nitrogen and oxygen atoms in total. The predicted molar refractivity (Wildman–Crippen MR) is 216 cm³/mol. The Labute approximate surface area is 309 Å². The molecule has 9 aromatic carbocycles. The zero-order valence-electron chi connectivity index (χ0n) is 36.2. The van der Waals surface area contributed by atoms with Gasteiger partial charge in [-0.3, -0.25) is 0 Å². The fourth-order valence-corrected chi connectivity index (χ4v) is 7.45. The van der Waals surface area contributed by atoms with E-state index in [9.17, 15) is 2.74 Å². The van der Waals surface area contributed by atoms with Crippen molar-refractivity contribution in [1.82, 2.24) is 0 Å². The molecule has 0 fully saturated rings. The second kappa shape index (κ2) is 12.0. The van der Waals surface area contributed by atoms with Crippen molar-refractivity contribution >= 4 is 43.5 Å². The fraction of sp³-hybridized carbons (Fsp3) is 0. The second-order valence-corrected chi connectivity index (χ2v) is 12.5. The summed E-state index contributed by atoms with van der Waals surface area (Å²) in [5, 5.41) is 5.32. The number of fused-ring (bicyclic) bond motifs is 5. The van der Waals surface area contributed by atoms with Gasteiger partial charge < -0.3 is 4.42 Å². The van der Waals surface area contributed by atoms with Crippen LogP contribution >= 0.6 is 0 Å². The number of rotatable bonds is 5. The summed E-state index contributed by atoms with van der Waals surface area (Å²) in [5.74, 6) is 0. The Bertz CT molecular complexity index is 3320. The summed E-state index contributed by atoms with van der Waals surface area (Å²) in [5.41, 5.74) is 7.79. The quantitative estimate of drug-likeness (QED) is 0.168. The van der Waals surface area contributed by atoms with E-state index in [0.29, 0.717) is 22.3 Å². The summed E-state index contributed by atoms with van der Waals surface area (Å²) in [6.45, 7) is 0. The van der Waals surface area contributed by atoms with E-state index in [1.54, 1.807) is 24.3 Å². The Balaban J connectivity index is 1.25. The van der Waals surface area contributed by atoms with Gasteiger partial charge in [0, 0.05) is 10.8 Å². The Morgan fingerprint density at radius 1 is 0.333 bits per heavy atom. The first-order chi connectivity index (χ1) is 29.0. The first kappa shape index (κ1) is 21.4. The first-order valence-corrected chi connectivity index (χ1v) is 16.8. The third kappa shape index (κ3) is 4.86. The predicted octanol–water partition coefficient (Wildman–Crippen LogP) is 14.2. The van der Waals surface area contributed by atoms with Crippen LogP contribution in [0.15, 0.2) is 198 Å². The molecule has 238 valence electrons. The van der Waals surface area contributed by atoms with Crippen LogP contribution in [0.5, 0.6) is 0 Å². The highest BCUT2D eigenvalue weighted by molar-refractivity contribution is 6.26. The van der Waals surface area contributed by atoms with E-state index in [0.717, 1.165) is 65.7 Å². The molecule has 1 heteroatoms. The normalized spacial score (nSPS) is 14.0. The molecular formula is C50H32O. The molecule has 0 atom stereocenters. The summed E-state index contributed by atoms with van der Waals surface area (Å²) in [6, 6.07) is 41.9. The van der Waals surface area contributed by atoms with Gasteiger partial charge in [0.05, 0.1) is 12.3 Å². The van der Waals surface area contributed by atoms with Gasteiger partial charge in [-0.25, -0.2) is 0 Å². The minimum atomic E-state index is -0.479. The van der Waals surface area contributed by atoms with Crippen molar-refractivity contribution < 1.29 is 16.8 Å². The Kier molecular flexibility index (Phi) is 5.04. The summed E-state index contributed by atoms with van der Waals surface area (Å²) in [6.07, 6.45) is 0. The molecule has 0 N–H and O–H groups in total. The molecule has 0 amide bonds. The van der Waals surface area contributed by atoms with E-state index in [-0.39, 0.29) is 47.4 Å². The topological polar surface area (TPSA) is 13.1 Å². The van der Waals surface area contributed by atoms with Crippen molar-refractivity contribution in [1.29, 1.82) is 0 Å². The first-order valence-electron chi connectivity index (χ1n) is 21.3. The molecule has 0 unspecified atom stereocenters. The Morgan fingerprint density at radius 2 is 0.882 bits per heavy atom. The maximum Gasteiger partial charge on any atom is 0.136 e. The maximum atomic E-state index is 9.49. The summed E-state index contributed by atoms with van der Waals surface area (Å²) < 4.78 is 84.4. The smallest absolute Gasteiger partial charge is 0.136 e. The zero-order valence-corrected chi connectivity index (χ0v) is 27.2. The van der Waals surface area contributed by atoms with Crippen LogP contribution in [-0.4, -0.2) is 0 Å². The van der Waals surface area contributed by atoms with Crippen LogP contribution in [0.3, 0.4) is 0 Å². The van der Waals surface area contributed by atoms with E-state index < -0.39 is 18.1 Å². The summed E-state index contributed by atoms with van der Waals surface area (Å²) >= 11 is 0. The van der Waals surface area contributed by atoms with Crippen LogP contribution in [0.4, 0.5) is 0 Å². The van der Waals surface area contributed by atoms with Gasteiger partial charge in [0.1, 0.15) is 11.2 Å². The monoisotopic (exact) mass is 657 g/mol. The Morgan fingerprint density at radius 3 is 1.57 bits per heavy atom. The second-order valence-electron chi connectivity index (χ2n) is 12.5. The van der Waals surface area contributed by atoms with Crippen LogP contribution in [0, 0.1) is 0 Å². The highest BCUT2D eigenvalue weighted by Crippen LogP contribution is 2.48. The minimum absolute atomic E-state index is 0.0482. The molecule has 51 heavy (non-hydrogen) atoms. The summed E-state index contributed by atoms with van der Waals surface area (Å²) in [7, 11) is 0. The van der Waals surface area contributed by atoms with Crippen LogP contribution in [0.25, 0.3) is 99.1 Å². The van der Waals surface area contributed by atoms with Crippen molar-refractivity contribution in [2.45, 2.75) is 0 Å². The van der Waals surface area contributed by atoms with Gasteiger partial charge in [0.2, 0.25) is 0 Å². The fourth-order valence-electron chi connectivity index (χ4n) is 7.45. The van der Waals surface area contributed by atoms with Gasteiger partial charge in [-0.05, 0) is 95.4 Å². The van der Waals surface area contributed by atoms with E-state index >= 15 is 0 Å². The largest absolute Gasteiger partial charge is 0.456 e. The number of benzene rings is 9. The van der Waals surface area contributed by atoms with E-state index in [2.05, 4.69) is 42.5 Å². The van der Waals surface area contributed by atoms with Gasteiger partial charge in [-0.2, -0.15) is 0 Å². The molecule has 10 rings (SSSR count). The lowest BCUT2D eigenvalue weighted by Crippen LogP contribution is -1.93. The lowest BCUT2D eigenvalue weighted by Gasteiger charge is -2.20. The van der Waals surface area contributed by atoms with Crippen molar-refractivity contribution in [3.05, 3.63) is 194 Å². The SMILES string of the molecule is [2H]c1c([2H])c([2H])c(-c2ccc(-c3c([2H])c([2H])c([2H])c([2H])c3-c3c4ccccc4c(-c4cccc5oc6ccc(-c7ccccc7)cc6c45)c4ccccc34)cc2)c([2H])c1[2H]. The highest BCUT2D eigenvalue weighted by Gasteiger charge is 2.21. The third-order valence-corrected chi connectivity index (χ3v) is 9.70. The van der Waals surface area contributed by atoms with Gasteiger partial charge >= 0.3 is 0 Å². The van der Waals surface area contributed by atoms with Gasteiger partial charge in [-0.1, -0.05) is 176 Å². The third-order valence-electron chi connectivity index (χ3n) is 9.70. The molecule has 0 aliphatic rings.